The summed E-state index contributed by atoms with van der Waals surface area (Å²) in [4.78, 5) is 0.212. The lowest BCUT2D eigenvalue weighted by Gasteiger charge is -2.21. The van der Waals surface area contributed by atoms with E-state index in [1.807, 2.05) is 6.92 Å². The number of rotatable bonds is 3. The molecule has 1 aromatic rings. The van der Waals surface area contributed by atoms with Crippen LogP contribution < -0.4 is 5.73 Å². The van der Waals surface area contributed by atoms with Gasteiger partial charge >= 0.3 is 0 Å². The van der Waals surface area contributed by atoms with Gasteiger partial charge in [-0.1, -0.05) is 0 Å². The SMILES string of the molecule is Cc1[nH]nc(CN)c1S(=O)(=O)N1CCCOC(C)C1. The van der Waals surface area contributed by atoms with Gasteiger partial charge in [0.15, 0.2) is 0 Å². The van der Waals surface area contributed by atoms with Gasteiger partial charge in [0.1, 0.15) is 4.90 Å². The predicted molar refractivity (Wildman–Crippen MR) is 70.0 cm³/mol. The Bertz CT molecular complexity index is 540. The van der Waals surface area contributed by atoms with Crippen molar-refractivity contribution in [1.82, 2.24) is 14.5 Å². The molecule has 108 valence electrons. The average Bonchev–Trinajstić information content (AvgIpc) is 2.59. The first-order valence-electron chi connectivity index (χ1n) is 6.32. The van der Waals surface area contributed by atoms with Crippen LogP contribution in [0, 0.1) is 6.92 Å². The number of H-pyrrole nitrogens is 1. The number of nitrogens with two attached hydrogens (primary N) is 1. The van der Waals surface area contributed by atoms with Crippen molar-refractivity contribution in [1.29, 1.82) is 0 Å². The molecule has 0 aromatic carbocycles. The summed E-state index contributed by atoms with van der Waals surface area (Å²) in [5, 5.41) is 6.64. The molecule has 0 aliphatic carbocycles. The third kappa shape index (κ3) is 2.81. The lowest BCUT2D eigenvalue weighted by Crippen LogP contribution is -2.36. The third-order valence-electron chi connectivity index (χ3n) is 3.17. The molecule has 0 bridgehead atoms. The number of nitrogens with one attached hydrogen (secondary N) is 1. The summed E-state index contributed by atoms with van der Waals surface area (Å²) in [5.74, 6) is 0. The Morgan fingerprint density at radius 3 is 3.00 bits per heavy atom. The zero-order valence-corrected chi connectivity index (χ0v) is 12.0. The standard InChI is InChI=1S/C11H20N4O3S/c1-8-7-15(4-3-5-18-8)19(16,17)11-9(2)13-14-10(11)6-12/h8H,3-7,12H2,1-2H3,(H,13,14). The second-order valence-electron chi connectivity index (χ2n) is 4.73. The fourth-order valence-corrected chi connectivity index (χ4v) is 4.15. The van der Waals surface area contributed by atoms with E-state index in [2.05, 4.69) is 10.2 Å². The Kier molecular flexibility index (Phi) is 4.24. The lowest BCUT2D eigenvalue weighted by atomic mass is 10.4. The molecule has 0 spiro atoms. The smallest absolute Gasteiger partial charge is 0.246 e. The molecule has 2 heterocycles. The molecule has 0 amide bonds. The monoisotopic (exact) mass is 288 g/mol. The van der Waals surface area contributed by atoms with Gasteiger partial charge in [0.25, 0.3) is 0 Å². The van der Waals surface area contributed by atoms with Crippen molar-refractivity contribution in [3.63, 3.8) is 0 Å². The van der Waals surface area contributed by atoms with Crippen LogP contribution in [0.25, 0.3) is 0 Å². The van der Waals surface area contributed by atoms with Crippen LogP contribution in [-0.2, 0) is 21.3 Å². The van der Waals surface area contributed by atoms with Crippen molar-refractivity contribution in [3.05, 3.63) is 11.4 Å². The second-order valence-corrected chi connectivity index (χ2v) is 6.60. The van der Waals surface area contributed by atoms with Gasteiger partial charge < -0.3 is 10.5 Å². The number of aromatic amines is 1. The highest BCUT2D eigenvalue weighted by atomic mass is 32.2. The summed E-state index contributed by atoms with van der Waals surface area (Å²) in [5.41, 5.74) is 6.47. The van der Waals surface area contributed by atoms with Crippen LogP contribution in [0.4, 0.5) is 0 Å². The maximum Gasteiger partial charge on any atom is 0.246 e. The van der Waals surface area contributed by atoms with Gasteiger partial charge in [-0.25, -0.2) is 8.42 Å². The number of ether oxygens (including phenoxy) is 1. The summed E-state index contributed by atoms with van der Waals surface area (Å²) in [6.07, 6.45) is 0.587. The number of hydrogen-bond acceptors (Lipinski definition) is 5. The average molecular weight is 288 g/mol. The van der Waals surface area contributed by atoms with Crippen LogP contribution in [-0.4, -0.2) is 48.7 Å². The summed E-state index contributed by atoms with van der Waals surface area (Å²) < 4.78 is 32.3. The van der Waals surface area contributed by atoms with E-state index in [4.69, 9.17) is 10.5 Å². The van der Waals surface area contributed by atoms with Gasteiger partial charge in [0.2, 0.25) is 10.0 Å². The van der Waals surface area contributed by atoms with Crippen molar-refractivity contribution >= 4 is 10.0 Å². The summed E-state index contributed by atoms with van der Waals surface area (Å²) in [7, 11) is -3.57. The molecule has 3 N–H and O–H groups in total. The Balaban J connectivity index is 2.38. The Morgan fingerprint density at radius 2 is 2.32 bits per heavy atom. The van der Waals surface area contributed by atoms with E-state index in [9.17, 15) is 8.42 Å². The van der Waals surface area contributed by atoms with Crippen molar-refractivity contribution in [2.24, 2.45) is 5.73 Å². The van der Waals surface area contributed by atoms with Gasteiger partial charge in [-0.3, -0.25) is 5.10 Å². The zero-order valence-electron chi connectivity index (χ0n) is 11.2. The van der Waals surface area contributed by atoms with Crippen molar-refractivity contribution in [3.8, 4) is 0 Å². The topological polar surface area (TPSA) is 101 Å². The minimum Gasteiger partial charge on any atom is -0.377 e. The summed E-state index contributed by atoms with van der Waals surface area (Å²) in [6.45, 7) is 5.06. The Morgan fingerprint density at radius 1 is 1.58 bits per heavy atom. The highest BCUT2D eigenvalue weighted by Crippen LogP contribution is 2.23. The van der Waals surface area contributed by atoms with Gasteiger partial charge in [0.05, 0.1) is 17.5 Å². The second kappa shape index (κ2) is 5.58. The van der Waals surface area contributed by atoms with Gasteiger partial charge in [-0.05, 0) is 20.3 Å². The van der Waals surface area contributed by atoms with E-state index in [-0.39, 0.29) is 17.5 Å². The van der Waals surface area contributed by atoms with E-state index in [1.54, 1.807) is 6.92 Å². The molecule has 8 heteroatoms. The third-order valence-corrected chi connectivity index (χ3v) is 5.24. The van der Waals surface area contributed by atoms with Gasteiger partial charge in [0, 0.05) is 26.2 Å². The minimum absolute atomic E-state index is 0.0960. The molecule has 1 atom stereocenters. The fourth-order valence-electron chi connectivity index (χ4n) is 2.25. The molecule has 0 saturated carbocycles. The van der Waals surface area contributed by atoms with Crippen molar-refractivity contribution in [2.45, 2.75) is 37.8 Å². The maximum atomic E-state index is 12.7. The Labute approximate surface area is 113 Å². The van der Waals surface area contributed by atoms with E-state index in [0.717, 1.165) is 0 Å². The zero-order chi connectivity index (χ0) is 14.0. The number of sulfonamides is 1. The first-order chi connectivity index (χ1) is 8.96. The molecular weight excluding hydrogens is 268 g/mol. The van der Waals surface area contributed by atoms with E-state index in [0.29, 0.717) is 37.5 Å². The lowest BCUT2D eigenvalue weighted by molar-refractivity contribution is 0.0752. The molecule has 1 aliphatic heterocycles. The van der Waals surface area contributed by atoms with Gasteiger partial charge in [-0.15, -0.1) is 0 Å². The molecule has 2 rings (SSSR count). The summed E-state index contributed by atoms with van der Waals surface area (Å²) >= 11 is 0. The number of aromatic nitrogens is 2. The van der Waals surface area contributed by atoms with Crippen molar-refractivity contribution < 1.29 is 13.2 Å². The van der Waals surface area contributed by atoms with Crippen LogP contribution in [0.2, 0.25) is 0 Å². The number of nitrogens with zero attached hydrogens (tertiary/aromatic N) is 2. The van der Waals surface area contributed by atoms with Crippen LogP contribution in [0.15, 0.2) is 4.90 Å². The highest BCUT2D eigenvalue weighted by molar-refractivity contribution is 7.89. The minimum atomic E-state index is -3.57. The molecule has 0 radical (unpaired) electrons. The van der Waals surface area contributed by atoms with E-state index >= 15 is 0 Å². The molecule has 1 fully saturated rings. The molecule has 7 nitrogen and oxygen atoms in total. The van der Waals surface area contributed by atoms with Crippen LogP contribution in [0.5, 0.6) is 0 Å². The van der Waals surface area contributed by atoms with Crippen molar-refractivity contribution in [2.75, 3.05) is 19.7 Å². The highest BCUT2D eigenvalue weighted by Gasteiger charge is 2.32. The number of hydrogen-bond donors (Lipinski definition) is 2. The molecule has 1 unspecified atom stereocenters. The first-order valence-corrected chi connectivity index (χ1v) is 7.76. The van der Waals surface area contributed by atoms with Gasteiger partial charge in [-0.2, -0.15) is 9.40 Å². The predicted octanol–water partition coefficient (Wildman–Crippen LogP) is -0.0237. The largest absolute Gasteiger partial charge is 0.377 e. The molecule has 1 aromatic heterocycles. The molecule has 1 aliphatic rings. The fraction of sp³-hybridized carbons (Fsp3) is 0.727. The first kappa shape index (κ1) is 14.4. The number of aryl methyl sites for hydroxylation is 1. The van der Waals surface area contributed by atoms with Crippen LogP contribution in [0.1, 0.15) is 24.7 Å². The molecule has 1 saturated heterocycles. The van der Waals surface area contributed by atoms with Crippen LogP contribution >= 0.6 is 0 Å². The molecular formula is C11H20N4O3S. The van der Waals surface area contributed by atoms with Crippen LogP contribution in [0.3, 0.4) is 0 Å². The normalized spacial score (nSPS) is 22.4. The van der Waals surface area contributed by atoms with E-state index < -0.39 is 10.0 Å². The quantitative estimate of drug-likeness (QED) is 0.813. The maximum absolute atomic E-state index is 12.7. The molecule has 19 heavy (non-hydrogen) atoms. The van der Waals surface area contributed by atoms with E-state index in [1.165, 1.54) is 4.31 Å². The Hall–Kier alpha value is -0.960. The summed E-state index contributed by atoms with van der Waals surface area (Å²) in [6, 6.07) is 0.